The molecule has 1 aliphatic carbocycles. The third-order valence-electron chi connectivity index (χ3n) is 2.91. The maximum absolute atomic E-state index is 11.7. The van der Waals surface area contributed by atoms with Crippen molar-refractivity contribution in [3.8, 4) is 5.75 Å². The Balaban J connectivity index is 2.02. The Labute approximate surface area is 113 Å². The molecule has 19 heavy (non-hydrogen) atoms. The normalized spacial score (nSPS) is 14.2. The summed E-state index contributed by atoms with van der Waals surface area (Å²) in [5.41, 5.74) is 1.39. The fourth-order valence-electron chi connectivity index (χ4n) is 2.19. The molecule has 0 unspecified atom stereocenters. The molecular weight excluding hydrogens is 242 g/mol. The van der Waals surface area contributed by atoms with E-state index in [1.807, 2.05) is 32.9 Å². The zero-order valence-corrected chi connectivity index (χ0v) is 11.6. The first-order chi connectivity index (χ1) is 8.87. The number of ketones is 1. The molecule has 0 radical (unpaired) electrons. The maximum atomic E-state index is 11.7. The maximum Gasteiger partial charge on any atom is 0.258 e. The number of amides is 1. The second-order valence-corrected chi connectivity index (χ2v) is 5.79. The molecule has 0 spiro atoms. The summed E-state index contributed by atoms with van der Waals surface area (Å²) in [7, 11) is 0. The largest absolute Gasteiger partial charge is 0.483 e. The van der Waals surface area contributed by atoms with Gasteiger partial charge in [0, 0.05) is 23.1 Å². The lowest BCUT2D eigenvalue weighted by Gasteiger charge is -2.20. The summed E-state index contributed by atoms with van der Waals surface area (Å²) < 4.78 is 5.54. The minimum atomic E-state index is -0.269. The minimum Gasteiger partial charge on any atom is -0.483 e. The van der Waals surface area contributed by atoms with Crippen molar-refractivity contribution >= 4 is 11.7 Å². The third kappa shape index (κ3) is 3.34. The summed E-state index contributed by atoms with van der Waals surface area (Å²) >= 11 is 0. The van der Waals surface area contributed by atoms with Crippen molar-refractivity contribution in [2.75, 3.05) is 6.61 Å². The van der Waals surface area contributed by atoms with Crippen LogP contribution in [0.5, 0.6) is 5.75 Å². The van der Waals surface area contributed by atoms with Gasteiger partial charge in [-0.25, -0.2) is 0 Å². The fourth-order valence-corrected chi connectivity index (χ4v) is 2.19. The van der Waals surface area contributed by atoms with E-state index in [1.54, 1.807) is 6.07 Å². The van der Waals surface area contributed by atoms with Crippen LogP contribution in [0.15, 0.2) is 18.2 Å². The number of benzene rings is 1. The molecule has 0 aliphatic heterocycles. The van der Waals surface area contributed by atoms with E-state index in [0.717, 1.165) is 11.1 Å². The van der Waals surface area contributed by atoms with Gasteiger partial charge in [-0.2, -0.15) is 0 Å². The van der Waals surface area contributed by atoms with E-state index >= 15 is 0 Å². The van der Waals surface area contributed by atoms with E-state index in [2.05, 4.69) is 5.32 Å². The molecule has 0 saturated carbocycles. The summed E-state index contributed by atoms with van der Waals surface area (Å²) in [5.74, 6) is 0.640. The summed E-state index contributed by atoms with van der Waals surface area (Å²) in [6, 6.07) is 5.41. The number of carbonyl (C=O) groups is 2. The van der Waals surface area contributed by atoms with Gasteiger partial charge in [0.05, 0.1) is 0 Å². The number of hydrogen-bond acceptors (Lipinski definition) is 3. The fraction of sp³-hybridized carbons (Fsp3) is 0.467. The number of carbonyl (C=O) groups excluding carboxylic acids is 2. The summed E-state index contributed by atoms with van der Waals surface area (Å²) in [6.07, 6.45) is 1.23. The van der Waals surface area contributed by atoms with Crippen molar-refractivity contribution < 1.29 is 14.3 Å². The lowest BCUT2D eigenvalue weighted by Crippen LogP contribution is -2.43. The molecule has 0 saturated heterocycles. The monoisotopic (exact) mass is 261 g/mol. The summed E-state index contributed by atoms with van der Waals surface area (Å²) in [5, 5.41) is 2.84. The van der Waals surface area contributed by atoms with Gasteiger partial charge in [0.1, 0.15) is 5.75 Å². The molecule has 0 fully saturated rings. The molecule has 1 aromatic rings. The summed E-state index contributed by atoms with van der Waals surface area (Å²) in [6.45, 7) is 5.74. The van der Waals surface area contributed by atoms with Crippen LogP contribution in [0, 0.1) is 0 Å². The molecule has 2 rings (SSSR count). The molecule has 0 bridgehead atoms. The van der Waals surface area contributed by atoms with Crippen LogP contribution in [0.2, 0.25) is 0 Å². The topological polar surface area (TPSA) is 55.4 Å². The summed E-state index contributed by atoms with van der Waals surface area (Å²) in [4.78, 5) is 23.3. The molecule has 1 aromatic carbocycles. The molecular formula is C15H19NO3. The van der Waals surface area contributed by atoms with Gasteiger partial charge in [-0.05, 0) is 33.3 Å². The predicted octanol–water partition coefficient (Wildman–Crippen LogP) is 2.11. The van der Waals surface area contributed by atoms with Crippen LogP contribution in [0.1, 0.15) is 43.1 Å². The van der Waals surface area contributed by atoms with Gasteiger partial charge in [0.25, 0.3) is 5.91 Å². The SMILES string of the molecule is CC(C)(C)NC(=O)COc1cccc2c1CCC2=O. The quantitative estimate of drug-likeness (QED) is 0.906. The van der Waals surface area contributed by atoms with Crippen LogP contribution in [0.3, 0.4) is 0 Å². The van der Waals surface area contributed by atoms with E-state index in [4.69, 9.17) is 4.74 Å². The van der Waals surface area contributed by atoms with Crippen molar-refractivity contribution in [1.82, 2.24) is 5.32 Å². The number of hydrogen-bond donors (Lipinski definition) is 1. The van der Waals surface area contributed by atoms with E-state index in [9.17, 15) is 9.59 Å². The van der Waals surface area contributed by atoms with Crippen molar-refractivity contribution in [3.63, 3.8) is 0 Å². The average molecular weight is 261 g/mol. The van der Waals surface area contributed by atoms with Gasteiger partial charge >= 0.3 is 0 Å². The van der Waals surface area contributed by atoms with Gasteiger partial charge < -0.3 is 10.1 Å². The highest BCUT2D eigenvalue weighted by molar-refractivity contribution is 6.01. The van der Waals surface area contributed by atoms with Crippen LogP contribution in [0.4, 0.5) is 0 Å². The molecule has 4 nitrogen and oxygen atoms in total. The third-order valence-corrected chi connectivity index (χ3v) is 2.91. The van der Waals surface area contributed by atoms with E-state index in [1.165, 1.54) is 0 Å². The van der Waals surface area contributed by atoms with Gasteiger partial charge in [0.2, 0.25) is 0 Å². The number of ether oxygens (including phenoxy) is 1. The second kappa shape index (κ2) is 5.03. The highest BCUT2D eigenvalue weighted by atomic mass is 16.5. The Morgan fingerprint density at radius 1 is 1.32 bits per heavy atom. The van der Waals surface area contributed by atoms with E-state index in [0.29, 0.717) is 18.6 Å². The Bertz CT molecular complexity index is 515. The van der Waals surface area contributed by atoms with Gasteiger partial charge in [-0.15, -0.1) is 0 Å². The molecule has 102 valence electrons. The number of fused-ring (bicyclic) bond motifs is 1. The van der Waals surface area contributed by atoms with Crippen LogP contribution < -0.4 is 10.1 Å². The van der Waals surface area contributed by atoms with Crippen LogP contribution in [-0.4, -0.2) is 23.8 Å². The smallest absolute Gasteiger partial charge is 0.258 e. The lowest BCUT2D eigenvalue weighted by atomic mass is 10.1. The zero-order valence-electron chi connectivity index (χ0n) is 11.6. The predicted molar refractivity (Wildman–Crippen MR) is 72.5 cm³/mol. The van der Waals surface area contributed by atoms with Crippen molar-refractivity contribution in [2.24, 2.45) is 0 Å². The molecule has 1 aliphatic rings. The zero-order chi connectivity index (χ0) is 14.0. The molecule has 0 atom stereocenters. The van der Waals surface area contributed by atoms with Crippen LogP contribution in [0.25, 0.3) is 0 Å². The average Bonchev–Trinajstić information content (AvgIpc) is 2.67. The van der Waals surface area contributed by atoms with Crippen LogP contribution in [-0.2, 0) is 11.2 Å². The first kappa shape index (κ1) is 13.6. The van der Waals surface area contributed by atoms with E-state index < -0.39 is 0 Å². The Kier molecular flexibility index (Phi) is 3.60. The Morgan fingerprint density at radius 2 is 2.05 bits per heavy atom. The standard InChI is InChI=1S/C15H19NO3/c1-15(2,3)16-14(18)9-19-13-6-4-5-10-11(13)7-8-12(10)17/h4-6H,7-9H2,1-3H3,(H,16,18). The Hall–Kier alpha value is -1.84. The first-order valence-corrected chi connectivity index (χ1v) is 6.46. The molecule has 4 heteroatoms. The highest BCUT2D eigenvalue weighted by Crippen LogP contribution is 2.30. The number of nitrogens with one attached hydrogen (secondary N) is 1. The molecule has 0 heterocycles. The molecule has 1 N–H and O–H groups in total. The van der Waals surface area contributed by atoms with E-state index in [-0.39, 0.29) is 23.8 Å². The first-order valence-electron chi connectivity index (χ1n) is 6.46. The second-order valence-electron chi connectivity index (χ2n) is 5.79. The minimum absolute atomic E-state index is 0.0259. The number of Topliss-reactive ketones (excluding diaryl/α,β-unsaturated/α-hetero) is 1. The van der Waals surface area contributed by atoms with Gasteiger partial charge in [-0.1, -0.05) is 12.1 Å². The molecule has 1 amide bonds. The Morgan fingerprint density at radius 3 is 2.74 bits per heavy atom. The van der Waals surface area contributed by atoms with Crippen molar-refractivity contribution in [1.29, 1.82) is 0 Å². The van der Waals surface area contributed by atoms with Gasteiger partial charge in [-0.3, -0.25) is 9.59 Å². The lowest BCUT2D eigenvalue weighted by molar-refractivity contribution is -0.124. The number of rotatable bonds is 3. The highest BCUT2D eigenvalue weighted by Gasteiger charge is 2.23. The van der Waals surface area contributed by atoms with Gasteiger partial charge in [0.15, 0.2) is 12.4 Å². The molecule has 0 aromatic heterocycles. The van der Waals surface area contributed by atoms with Crippen LogP contribution >= 0.6 is 0 Å². The van der Waals surface area contributed by atoms with Crippen molar-refractivity contribution in [2.45, 2.75) is 39.2 Å². The van der Waals surface area contributed by atoms with Crippen molar-refractivity contribution in [3.05, 3.63) is 29.3 Å².